The molecule has 1 saturated heterocycles. The third-order valence-electron chi connectivity index (χ3n) is 5.14. The minimum absolute atomic E-state index is 0.214. The van der Waals surface area contributed by atoms with E-state index >= 15 is 0 Å². The van der Waals surface area contributed by atoms with Gasteiger partial charge in [-0.3, -0.25) is 4.57 Å². The van der Waals surface area contributed by atoms with Crippen molar-refractivity contribution in [3.05, 3.63) is 60.8 Å². The Morgan fingerprint density at radius 2 is 1.63 bits per heavy atom. The van der Waals surface area contributed by atoms with Crippen LogP contribution in [0.1, 0.15) is 18.9 Å². The predicted octanol–water partition coefficient (Wildman–Crippen LogP) is 4.37. The van der Waals surface area contributed by atoms with Crippen LogP contribution in [0.2, 0.25) is 0 Å². The van der Waals surface area contributed by atoms with Gasteiger partial charge in [-0.25, -0.2) is 9.97 Å². The molecule has 3 N–H and O–H groups in total. The van der Waals surface area contributed by atoms with Gasteiger partial charge in [0.05, 0.1) is 6.20 Å². The van der Waals surface area contributed by atoms with Crippen molar-refractivity contribution in [2.75, 3.05) is 23.8 Å². The van der Waals surface area contributed by atoms with Crippen LogP contribution in [0, 0.1) is 0 Å². The molecule has 8 heteroatoms. The lowest BCUT2D eigenvalue weighted by Crippen LogP contribution is -2.21. The summed E-state index contributed by atoms with van der Waals surface area (Å²) < 4.78 is 7.72. The smallest absolute Gasteiger partial charge is 0.229 e. The lowest BCUT2D eigenvalue weighted by molar-refractivity contribution is 0.0710. The molecule has 2 aromatic heterocycles. The Bertz CT molecular complexity index is 1140. The van der Waals surface area contributed by atoms with Crippen molar-refractivity contribution in [3.8, 4) is 5.75 Å². The fourth-order valence-corrected chi connectivity index (χ4v) is 3.65. The van der Waals surface area contributed by atoms with Gasteiger partial charge in [-0.15, -0.1) is 0 Å². The SMILES string of the molecule is Oc1ccc(Nc2ncc3nc(Nc4ccccc4)n(C4CCOCC4)c3n2)cc1. The molecule has 0 aliphatic carbocycles. The van der Waals surface area contributed by atoms with Crippen molar-refractivity contribution in [1.29, 1.82) is 0 Å². The second-order valence-corrected chi connectivity index (χ2v) is 7.21. The quantitative estimate of drug-likeness (QED) is 0.427. The Morgan fingerprint density at radius 3 is 2.40 bits per heavy atom. The number of phenols is 1. The maximum Gasteiger partial charge on any atom is 0.229 e. The molecule has 30 heavy (non-hydrogen) atoms. The summed E-state index contributed by atoms with van der Waals surface area (Å²) in [5.74, 6) is 1.44. The lowest BCUT2D eigenvalue weighted by Gasteiger charge is -2.25. The van der Waals surface area contributed by atoms with Gasteiger partial charge in [-0.2, -0.15) is 4.98 Å². The number of fused-ring (bicyclic) bond motifs is 1. The van der Waals surface area contributed by atoms with Crippen LogP contribution in [0.3, 0.4) is 0 Å². The van der Waals surface area contributed by atoms with Gasteiger partial charge in [-0.1, -0.05) is 18.2 Å². The molecular formula is C22H22N6O2. The number of rotatable bonds is 5. The largest absolute Gasteiger partial charge is 0.508 e. The van der Waals surface area contributed by atoms with Gasteiger partial charge >= 0.3 is 0 Å². The van der Waals surface area contributed by atoms with Crippen LogP contribution < -0.4 is 10.6 Å². The lowest BCUT2D eigenvalue weighted by atomic mass is 10.1. The molecule has 0 spiro atoms. The van der Waals surface area contributed by atoms with Crippen molar-refractivity contribution in [2.24, 2.45) is 0 Å². The van der Waals surface area contributed by atoms with Gasteiger partial charge < -0.3 is 20.5 Å². The topological polar surface area (TPSA) is 97.1 Å². The second-order valence-electron chi connectivity index (χ2n) is 7.21. The number of benzene rings is 2. The molecule has 0 unspecified atom stereocenters. The Hall–Kier alpha value is -3.65. The van der Waals surface area contributed by atoms with E-state index in [1.54, 1.807) is 30.5 Å². The molecule has 8 nitrogen and oxygen atoms in total. The molecule has 1 fully saturated rings. The highest BCUT2D eigenvalue weighted by Gasteiger charge is 2.23. The molecule has 0 atom stereocenters. The molecule has 1 aliphatic rings. The highest BCUT2D eigenvalue weighted by atomic mass is 16.5. The van der Waals surface area contributed by atoms with E-state index in [0.29, 0.717) is 5.95 Å². The van der Waals surface area contributed by atoms with Gasteiger partial charge in [0, 0.05) is 30.6 Å². The van der Waals surface area contributed by atoms with Crippen molar-refractivity contribution in [1.82, 2.24) is 19.5 Å². The Balaban J connectivity index is 1.54. The summed E-state index contributed by atoms with van der Waals surface area (Å²) >= 11 is 0. The monoisotopic (exact) mass is 402 g/mol. The zero-order valence-corrected chi connectivity index (χ0v) is 16.3. The van der Waals surface area contributed by atoms with E-state index in [9.17, 15) is 5.11 Å². The molecule has 0 radical (unpaired) electrons. The first-order chi connectivity index (χ1) is 14.8. The number of nitrogens with zero attached hydrogens (tertiary/aromatic N) is 4. The number of ether oxygens (including phenoxy) is 1. The number of anilines is 4. The number of aromatic nitrogens is 4. The van der Waals surface area contributed by atoms with E-state index in [2.05, 4.69) is 20.2 Å². The Morgan fingerprint density at radius 1 is 0.900 bits per heavy atom. The maximum atomic E-state index is 9.48. The van der Waals surface area contributed by atoms with E-state index in [-0.39, 0.29) is 11.8 Å². The molecule has 2 aromatic carbocycles. The van der Waals surface area contributed by atoms with Crippen LogP contribution in [0.15, 0.2) is 60.8 Å². The molecule has 0 saturated carbocycles. The van der Waals surface area contributed by atoms with E-state index in [4.69, 9.17) is 14.7 Å². The minimum Gasteiger partial charge on any atom is -0.508 e. The summed E-state index contributed by atoms with van der Waals surface area (Å²) in [5.41, 5.74) is 3.27. The maximum absolute atomic E-state index is 9.48. The van der Waals surface area contributed by atoms with Gasteiger partial charge in [-0.05, 0) is 49.2 Å². The molecule has 0 amide bonds. The zero-order chi connectivity index (χ0) is 20.3. The first-order valence-electron chi connectivity index (χ1n) is 9.97. The van der Waals surface area contributed by atoms with Crippen LogP contribution in [0.4, 0.5) is 23.3 Å². The van der Waals surface area contributed by atoms with E-state index in [1.807, 2.05) is 30.3 Å². The van der Waals surface area contributed by atoms with Crippen LogP contribution in [0.5, 0.6) is 5.75 Å². The number of hydrogen-bond donors (Lipinski definition) is 3. The third-order valence-corrected chi connectivity index (χ3v) is 5.14. The van der Waals surface area contributed by atoms with Gasteiger partial charge in [0.2, 0.25) is 11.9 Å². The molecule has 4 aromatic rings. The summed E-state index contributed by atoms with van der Waals surface area (Å²) in [7, 11) is 0. The standard InChI is InChI=1S/C22H22N6O2/c29-18-8-6-16(7-9-18)24-21-23-14-19-20(27-21)28(17-10-12-30-13-11-17)22(26-19)25-15-4-2-1-3-5-15/h1-9,14,17,29H,10-13H2,(H,25,26)(H,23,24,27). The van der Waals surface area contributed by atoms with Gasteiger partial charge in [0.25, 0.3) is 0 Å². The molecule has 152 valence electrons. The summed E-state index contributed by atoms with van der Waals surface area (Å²) in [4.78, 5) is 14.0. The fourth-order valence-electron chi connectivity index (χ4n) is 3.65. The van der Waals surface area contributed by atoms with E-state index in [0.717, 1.165) is 54.5 Å². The predicted molar refractivity (Wildman–Crippen MR) is 116 cm³/mol. The van der Waals surface area contributed by atoms with Crippen LogP contribution >= 0.6 is 0 Å². The Kier molecular flexibility index (Phi) is 4.90. The molecule has 1 aliphatic heterocycles. The van der Waals surface area contributed by atoms with Crippen molar-refractivity contribution in [2.45, 2.75) is 18.9 Å². The van der Waals surface area contributed by atoms with Crippen molar-refractivity contribution in [3.63, 3.8) is 0 Å². The Labute approximate surface area is 173 Å². The fraction of sp³-hybridized carbons (Fsp3) is 0.227. The summed E-state index contributed by atoms with van der Waals surface area (Å²) in [6.07, 6.45) is 3.54. The van der Waals surface area contributed by atoms with Gasteiger partial charge in [0.15, 0.2) is 5.65 Å². The average Bonchev–Trinajstić information content (AvgIpc) is 3.14. The first-order valence-corrected chi connectivity index (χ1v) is 9.97. The number of hydrogen-bond acceptors (Lipinski definition) is 7. The normalized spacial score (nSPS) is 14.7. The minimum atomic E-state index is 0.214. The highest BCUT2D eigenvalue weighted by Crippen LogP contribution is 2.31. The summed E-state index contributed by atoms with van der Waals surface area (Å²) in [6, 6.07) is 17.0. The molecule has 3 heterocycles. The van der Waals surface area contributed by atoms with Crippen molar-refractivity contribution >= 4 is 34.4 Å². The summed E-state index contributed by atoms with van der Waals surface area (Å²) in [5, 5.41) is 16.1. The van der Waals surface area contributed by atoms with E-state index < -0.39 is 0 Å². The van der Waals surface area contributed by atoms with E-state index in [1.165, 1.54) is 0 Å². The number of aromatic hydroxyl groups is 1. The average molecular weight is 402 g/mol. The van der Waals surface area contributed by atoms with Crippen LogP contribution in [0.25, 0.3) is 11.2 Å². The zero-order valence-electron chi connectivity index (χ0n) is 16.3. The number of imidazole rings is 1. The number of para-hydroxylation sites is 1. The van der Waals surface area contributed by atoms with Gasteiger partial charge in [0.1, 0.15) is 11.3 Å². The molecule has 5 rings (SSSR count). The molecular weight excluding hydrogens is 380 g/mol. The molecule has 0 bridgehead atoms. The van der Waals surface area contributed by atoms with Crippen molar-refractivity contribution < 1.29 is 9.84 Å². The third kappa shape index (κ3) is 3.77. The number of nitrogens with one attached hydrogen (secondary N) is 2. The highest BCUT2D eigenvalue weighted by molar-refractivity contribution is 5.77. The summed E-state index contributed by atoms with van der Waals surface area (Å²) in [6.45, 7) is 1.44. The van der Waals surface area contributed by atoms with Crippen LogP contribution in [-0.2, 0) is 4.74 Å². The number of phenolic OH excluding ortho intramolecular Hbond substituents is 1. The second kappa shape index (κ2) is 8.00. The first kappa shape index (κ1) is 18.4. The van der Waals surface area contributed by atoms with Crippen LogP contribution in [-0.4, -0.2) is 37.8 Å².